The van der Waals surface area contributed by atoms with Gasteiger partial charge in [-0.05, 0) is 62.0 Å². The molecule has 5 aromatic rings. The van der Waals surface area contributed by atoms with E-state index in [4.69, 9.17) is 0 Å². The minimum absolute atomic E-state index is 0.123. The van der Waals surface area contributed by atoms with Crippen LogP contribution >= 0.6 is 0 Å². The molecule has 11 heteroatoms. The number of imidazole rings is 1. The molecule has 1 aliphatic rings. The molecule has 206 valence electrons. The average Bonchev–Trinajstić information content (AvgIpc) is 3.45. The molecule has 0 saturated carbocycles. The molecule has 4 aromatic heterocycles. The fourth-order valence-corrected chi connectivity index (χ4v) is 5.26. The largest absolute Gasteiger partial charge is 0.418 e. The Morgan fingerprint density at radius 3 is 2.45 bits per heavy atom. The third kappa shape index (κ3) is 4.66. The maximum absolute atomic E-state index is 14.3. The Morgan fingerprint density at radius 2 is 1.70 bits per heavy atom. The number of fused-ring (bicyclic) bond motifs is 1. The quantitative estimate of drug-likeness (QED) is 0.348. The van der Waals surface area contributed by atoms with Gasteiger partial charge in [0.2, 0.25) is 0 Å². The molecular formula is C29H28F3N7O. The first-order valence-electron chi connectivity index (χ1n) is 12.9. The van der Waals surface area contributed by atoms with Crippen molar-refractivity contribution in [1.29, 1.82) is 0 Å². The number of hydrogen-bond acceptors (Lipinski definition) is 5. The highest BCUT2D eigenvalue weighted by atomic mass is 19.4. The number of hydrogen-bond donors (Lipinski definition) is 1. The van der Waals surface area contributed by atoms with Gasteiger partial charge < -0.3 is 19.4 Å². The molecule has 40 heavy (non-hydrogen) atoms. The van der Waals surface area contributed by atoms with E-state index in [1.165, 1.54) is 15.2 Å². The van der Waals surface area contributed by atoms with E-state index in [2.05, 4.69) is 19.9 Å². The number of alkyl halides is 3. The van der Waals surface area contributed by atoms with Crippen LogP contribution in [0.25, 0.3) is 39.2 Å². The van der Waals surface area contributed by atoms with Gasteiger partial charge in [0.25, 0.3) is 0 Å². The van der Waals surface area contributed by atoms with Crippen molar-refractivity contribution in [2.45, 2.75) is 13.1 Å². The van der Waals surface area contributed by atoms with Crippen LogP contribution in [-0.2, 0) is 13.2 Å². The lowest BCUT2D eigenvalue weighted by Crippen LogP contribution is -2.45. The van der Waals surface area contributed by atoms with Gasteiger partial charge in [-0.15, -0.1) is 0 Å². The first-order valence-corrected chi connectivity index (χ1v) is 12.9. The molecule has 6 rings (SSSR count). The molecule has 0 bridgehead atoms. The van der Waals surface area contributed by atoms with Crippen LogP contribution in [0.5, 0.6) is 0 Å². The number of halogens is 3. The van der Waals surface area contributed by atoms with Gasteiger partial charge in [0.05, 0.1) is 22.6 Å². The number of nitrogens with one attached hydrogen (secondary N) is 1. The Morgan fingerprint density at radius 1 is 0.925 bits per heavy atom. The van der Waals surface area contributed by atoms with E-state index in [9.17, 15) is 18.0 Å². The maximum atomic E-state index is 14.3. The number of pyridine rings is 2. The molecule has 5 heterocycles. The Hall–Kier alpha value is -4.38. The topological polar surface area (TPSA) is 75.0 Å². The highest BCUT2D eigenvalue weighted by molar-refractivity contribution is 5.82. The monoisotopic (exact) mass is 547 g/mol. The molecule has 0 radical (unpaired) electrons. The number of benzene rings is 1. The van der Waals surface area contributed by atoms with E-state index in [0.29, 0.717) is 37.6 Å². The predicted molar refractivity (Wildman–Crippen MR) is 149 cm³/mol. The van der Waals surface area contributed by atoms with Crippen LogP contribution in [0.1, 0.15) is 11.3 Å². The molecule has 0 amide bonds. The number of anilines is 1. The minimum Gasteiger partial charge on any atom is -0.368 e. The van der Waals surface area contributed by atoms with Crippen LogP contribution < -0.4 is 10.6 Å². The zero-order chi connectivity index (χ0) is 28.2. The van der Waals surface area contributed by atoms with E-state index in [-0.39, 0.29) is 11.4 Å². The summed E-state index contributed by atoms with van der Waals surface area (Å²) in [6, 6.07) is 11.8. The molecule has 1 N–H and O–H groups in total. The van der Waals surface area contributed by atoms with Crippen LogP contribution in [0.3, 0.4) is 0 Å². The van der Waals surface area contributed by atoms with E-state index in [1.807, 2.05) is 38.2 Å². The fraction of sp³-hybridized carbons (Fsp3) is 0.276. The summed E-state index contributed by atoms with van der Waals surface area (Å²) in [5, 5.41) is 0.963. The number of rotatable bonds is 4. The number of aryl methyl sites for hydroxylation is 2. The van der Waals surface area contributed by atoms with Gasteiger partial charge in [-0.25, -0.2) is 9.78 Å². The number of aromatic nitrogens is 5. The second kappa shape index (κ2) is 9.67. The van der Waals surface area contributed by atoms with E-state index in [1.54, 1.807) is 36.6 Å². The second-order valence-electron chi connectivity index (χ2n) is 10.3. The molecule has 0 unspecified atom stereocenters. The highest BCUT2D eigenvalue weighted by Gasteiger charge is 2.36. The molecule has 1 aromatic carbocycles. The van der Waals surface area contributed by atoms with Crippen LogP contribution in [-0.4, -0.2) is 62.2 Å². The lowest BCUT2D eigenvalue weighted by Gasteiger charge is -2.35. The fourth-order valence-electron chi connectivity index (χ4n) is 5.26. The average molecular weight is 548 g/mol. The zero-order valence-electron chi connectivity index (χ0n) is 22.3. The third-order valence-corrected chi connectivity index (χ3v) is 7.40. The summed E-state index contributed by atoms with van der Waals surface area (Å²) in [7, 11) is 3.52. The lowest BCUT2D eigenvalue weighted by molar-refractivity contribution is -0.137. The Labute approximate surface area is 228 Å². The Bertz CT molecular complexity index is 1770. The summed E-state index contributed by atoms with van der Waals surface area (Å²) in [5.74, 6) is 0. The van der Waals surface area contributed by atoms with Crippen molar-refractivity contribution in [3.8, 4) is 28.2 Å². The smallest absolute Gasteiger partial charge is 0.368 e. The van der Waals surface area contributed by atoms with E-state index >= 15 is 0 Å². The lowest BCUT2D eigenvalue weighted by atomic mass is 10.1. The molecule has 1 saturated heterocycles. The van der Waals surface area contributed by atoms with Crippen molar-refractivity contribution in [2.24, 2.45) is 7.05 Å². The van der Waals surface area contributed by atoms with Crippen molar-refractivity contribution in [1.82, 2.24) is 29.0 Å². The molecule has 8 nitrogen and oxygen atoms in total. The summed E-state index contributed by atoms with van der Waals surface area (Å²) < 4.78 is 45.6. The number of likely N-dealkylation sites (N-methyl/N-ethyl adjacent to an activating group) is 1. The molecule has 0 aliphatic carbocycles. The third-order valence-electron chi connectivity index (χ3n) is 7.40. The molecule has 0 spiro atoms. The number of aromatic amines is 1. The Kier molecular flexibility index (Phi) is 6.25. The van der Waals surface area contributed by atoms with Crippen molar-refractivity contribution in [3.05, 3.63) is 82.8 Å². The SMILES string of the molecule is Cc1cc2cc(-c3ccnc(-c4cn(C)c(=O)n4-c4ccc(N5CCN(C)CC5)c(C(F)(F)F)c4)c3)cnc2[nH]1. The van der Waals surface area contributed by atoms with Gasteiger partial charge in [-0.2, -0.15) is 13.2 Å². The van der Waals surface area contributed by atoms with Gasteiger partial charge >= 0.3 is 11.9 Å². The Balaban J connectivity index is 1.44. The van der Waals surface area contributed by atoms with Crippen molar-refractivity contribution in [2.75, 3.05) is 38.1 Å². The van der Waals surface area contributed by atoms with Crippen LogP contribution in [0.4, 0.5) is 18.9 Å². The van der Waals surface area contributed by atoms with Crippen LogP contribution in [0, 0.1) is 6.92 Å². The molecule has 0 atom stereocenters. The van der Waals surface area contributed by atoms with Gasteiger partial charge in [0, 0.05) is 74.1 Å². The maximum Gasteiger partial charge on any atom is 0.418 e. The minimum atomic E-state index is -4.59. The first-order chi connectivity index (χ1) is 19.1. The van der Waals surface area contributed by atoms with Crippen molar-refractivity contribution >= 4 is 16.7 Å². The number of nitrogens with zero attached hydrogens (tertiary/aromatic N) is 6. The molecule has 1 fully saturated rings. The summed E-state index contributed by atoms with van der Waals surface area (Å²) in [6.45, 7) is 4.30. The zero-order valence-corrected chi connectivity index (χ0v) is 22.3. The van der Waals surface area contributed by atoms with Crippen LogP contribution in [0.2, 0.25) is 0 Å². The van der Waals surface area contributed by atoms with E-state index < -0.39 is 17.4 Å². The van der Waals surface area contributed by atoms with Gasteiger partial charge in [0.1, 0.15) is 5.65 Å². The van der Waals surface area contributed by atoms with E-state index in [0.717, 1.165) is 33.9 Å². The number of H-pyrrole nitrogens is 1. The summed E-state index contributed by atoms with van der Waals surface area (Å²) in [4.78, 5) is 29.3. The van der Waals surface area contributed by atoms with Gasteiger partial charge in [-0.3, -0.25) is 9.55 Å². The summed E-state index contributed by atoms with van der Waals surface area (Å²) >= 11 is 0. The van der Waals surface area contributed by atoms with Gasteiger partial charge in [-0.1, -0.05) is 0 Å². The predicted octanol–water partition coefficient (Wildman–Crippen LogP) is 4.86. The normalized spacial score (nSPS) is 14.8. The van der Waals surface area contributed by atoms with Gasteiger partial charge in [0.15, 0.2) is 0 Å². The first kappa shape index (κ1) is 25.9. The standard InChI is InChI=1S/C29H28F3N7O/c1-18-12-20-13-21(16-34-27(20)35-18)19-6-7-33-24(14-19)26-17-37(3)28(40)39(26)22-4-5-25(23(15-22)29(30,31)32)38-10-8-36(2)9-11-38/h4-7,12-17H,8-11H2,1-3H3,(H,34,35). The molecule has 1 aliphatic heterocycles. The number of piperazine rings is 1. The summed E-state index contributed by atoms with van der Waals surface area (Å²) in [5.41, 5.74) is 3.33. The molecular weight excluding hydrogens is 519 g/mol. The van der Waals surface area contributed by atoms with Crippen LogP contribution in [0.15, 0.2) is 65.8 Å². The highest BCUT2D eigenvalue weighted by Crippen LogP contribution is 2.39. The second-order valence-corrected chi connectivity index (χ2v) is 10.3. The van der Waals surface area contributed by atoms with Crippen molar-refractivity contribution in [3.63, 3.8) is 0 Å². The summed E-state index contributed by atoms with van der Waals surface area (Å²) in [6.07, 6.45) is 0.375. The van der Waals surface area contributed by atoms with Crippen molar-refractivity contribution < 1.29 is 13.2 Å².